The molecule has 1 saturated carbocycles. The van der Waals surface area contributed by atoms with Gasteiger partial charge in [-0.3, -0.25) is 4.79 Å². The van der Waals surface area contributed by atoms with Crippen molar-refractivity contribution in [1.29, 1.82) is 0 Å². The predicted molar refractivity (Wildman–Crippen MR) is 106 cm³/mol. The number of hydrogen-bond acceptors (Lipinski definition) is 3. The quantitative estimate of drug-likeness (QED) is 0.757. The number of rotatable bonds is 8. The molecule has 0 bridgehead atoms. The number of carbonyl (C=O) groups is 1. The second-order valence-electron chi connectivity index (χ2n) is 6.95. The molecule has 1 fully saturated rings. The van der Waals surface area contributed by atoms with Crippen molar-refractivity contribution in [3.63, 3.8) is 0 Å². The third-order valence-electron chi connectivity index (χ3n) is 4.80. The first kappa shape index (κ1) is 19.6. The van der Waals surface area contributed by atoms with Crippen molar-refractivity contribution >= 4 is 15.9 Å². The number of amides is 1. The lowest BCUT2D eigenvalue weighted by Crippen LogP contribution is -2.32. The zero-order chi connectivity index (χ0) is 19.4. The van der Waals surface area contributed by atoms with Crippen LogP contribution in [0.4, 0.5) is 0 Å². The number of hydrogen-bond donors (Lipinski definition) is 1. The molecule has 0 heterocycles. The molecule has 0 unspecified atom stereocenters. The zero-order valence-electron chi connectivity index (χ0n) is 15.8. The van der Waals surface area contributed by atoms with E-state index >= 15 is 0 Å². The average molecular weight is 387 g/mol. The molecule has 0 spiro atoms. The van der Waals surface area contributed by atoms with Crippen molar-refractivity contribution in [3.05, 3.63) is 65.2 Å². The van der Waals surface area contributed by atoms with Crippen molar-refractivity contribution in [1.82, 2.24) is 9.62 Å². The van der Waals surface area contributed by atoms with Crippen LogP contribution in [0.1, 0.15) is 47.7 Å². The Labute approximate surface area is 161 Å². The van der Waals surface area contributed by atoms with Gasteiger partial charge < -0.3 is 5.32 Å². The van der Waals surface area contributed by atoms with Crippen molar-refractivity contribution in [2.24, 2.45) is 0 Å². The van der Waals surface area contributed by atoms with E-state index in [2.05, 4.69) is 12.2 Å². The van der Waals surface area contributed by atoms with Gasteiger partial charge >= 0.3 is 0 Å². The molecule has 6 heteroatoms. The lowest BCUT2D eigenvalue weighted by molar-refractivity contribution is 0.0963. The van der Waals surface area contributed by atoms with Gasteiger partial charge in [-0.05, 0) is 54.7 Å². The maximum atomic E-state index is 13.2. The molecule has 1 amide bonds. The molecule has 1 aliphatic carbocycles. The van der Waals surface area contributed by atoms with Gasteiger partial charge in [-0.2, -0.15) is 4.31 Å². The monoisotopic (exact) mass is 386 g/mol. The maximum absolute atomic E-state index is 13.2. The van der Waals surface area contributed by atoms with Crippen LogP contribution in [0, 0.1) is 0 Å². The lowest BCUT2D eigenvalue weighted by atomic mass is 10.1. The van der Waals surface area contributed by atoms with Crippen LogP contribution in [0.5, 0.6) is 0 Å². The summed E-state index contributed by atoms with van der Waals surface area (Å²) in [6, 6.07) is 14.4. The molecule has 0 radical (unpaired) electrons. The van der Waals surface area contributed by atoms with Crippen LogP contribution in [0.25, 0.3) is 0 Å². The number of sulfonamides is 1. The molecule has 27 heavy (non-hydrogen) atoms. The van der Waals surface area contributed by atoms with Crippen molar-refractivity contribution in [3.8, 4) is 0 Å². The molecular formula is C21H26N2O3S. The summed E-state index contributed by atoms with van der Waals surface area (Å²) in [5.74, 6) is -0.152. The van der Waals surface area contributed by atoms with Crippen LogP contribution in [0.15, 0.2) is 53.4 Å². The number of benzene rings is 2. The van der Waals surface area contributed by atoms with Crippen LogP contribution < -0.4 is 5.32 Å². The fourth-order valence-electron chi connectivity index (χ4n) is 3.11. The normalized spacial score (nSPS) is 14.3. The summed E-state index contributed by atoms with van der Waals surface area (Å²) in [5, 5.41) is 2.58. The topological polar surface area (TPSA) is 66.5 Å². The number of nitrogens with one attached hydrogen (secondary N) is 1. The molecule has 2 aromatic rings. The second-order valence-corrected chi connectivity index (χ2v) is 8.84. The van der Waals surface area contributed by atoms with E-state index in [-0.39, 0.29) is 11.9 Å². The van der Waals surface area contributed by atoms with Gasteiger partial charge in [0, 0.05) is 25.2 Å². The van der Waals surface area contributed by atoms with Crippen molar-refractivity contribution in [2.75, 3.05) is 7.05 Å². The van der Waals surface area contributed by atoms with Gasteiger partial charge in [-0.25, -0.2) is 8.42 Å². The first-order valence-electron chi connectivity index (χ1n) is 9.37. The Hall–Kier alpha value is -2.18. The molecule has 0 saturated heterocycles. The van der Waals surface area contributed by atoms with Crippen LogP contribution >= 0.6 is 0 Å². The SMILES string of the molecule is CCCc1ccc(S(=O)(=O)N(Cc2ccc(C(=O)NC)cc2)C2CC2)cc1. The standard InChI is InChI=1S/C21H26N2O3S/c1-3-4-16-7-13-20(14-8-16)27(25,26)23(19-11-12-19)15-17-5-9-18(10-6-17)21(24)22-2/h5-10,13-14,19H,3-4,11-12,15H2,1-2H3,(H,22,24). The number of nitrogens with zero attached hydrogens (tertiary/aromatic N) is 1. The van der Waals surface area contributed by atoms with E-state index in [1.54, 1.807) is 35.6 Å². The summed E-state index contributed by atoms with van der Waals surface area (Å²) in [4.78, 5) is 12.0. The highest BCUT2D eigenvalue weighted by Crippen LogP contribution is 2.33. The minimum atomic E-state index is -3.54. The summed E-state index contributed by atoms with van der Waals surface area (Å²) in [6.07, 6.45) is 3.77. The van der Waals surface area contributed by atoms with Crippen molar-refractivity contribution < 1.29 is 13.2 Å². The summed E-state index contributed by atoms with van der Waals surface area (Å²) in [5.41, 5.74) is 2.59. The highest BCUT2D eigenvalue weighted by molar-refractivity contribution is 7.89. The van der Waals surface area contributed by atoms with Crippen LogP contribution in [0.3, 0.4) is 0 Å². The first-order chi connectivity index (χ1) is 13.0. The molecule has 1 aliphatic rings. The molecule has 0 aromatic heterocycles. The Bertz CT molecular complexity index is 886. The maximum Gasteiger partial charge on any atom is 0.251 e. The third kappa shape index (κ3) is 4.57. The van der Waals surface area contributed by atoms with Gasteiger partial charge in [0.05, 0.1) is 4.90 Å². The largest absolute Gasteiger partial charge is 0.355 e. The van der Waals surface area contributed by atoms with E-state index in [0.717, 1.165) is 36.8 Å². The van der Waals surface area contributed by atoms with Crippen LogP contribution in [-0.2, 0) is 23.0 Å². The van der Waals surface area contributed by atoms with Gasteiger partial charge in [0.1, 0.15) is 0 Å². The Kier molecular flexibility index (Phi) is 5.97. The number of aryl methyl sites for hydroxylation is 1. The smallest absolute Gasteiger partial charge is 0.251 e. The summed E-state index contributed by atoms with van der Waals surface area (Å²) in [7, 11) is -1.96. The first-order valence-corrected chi connectivity index (χ1v) is 10.8. The molecule has 0 atom stereocenters. The molecule has 144 valence electrons. The number of carbonyl (C=O) groups excluding carboxylic acids is 1. The Morgan fingerprint density at radius 2 is 1.63 bits per heavy atom. The third-order valence-corrected chi connectivity index (χ3v) is 6.72. The highest BCUT2D eigenvalue weighted by atomic mass is 32.2. The van der Waals surface area contributed by atoms with E-state index in [4.69, 9.17) is 0 Å². The fraction of sp³-hybridized carbons (Fsp3) is 0.381. The molecule has 2 aromatic carbocycles. The van der Waals surface area contributed by atoms with E-state index < -0.39 is 10.0 Å². The van der Waals surface area contributed by atoms with Gasteiger partial charge in [-0.15, -0.1) is 0 Å². The minimum absolute atomic E-state index is 0.0592. The van der Waals surface area contributed by atoms with Gasteiger partial charge in [0.2, 0.25) is 10.0 Å². The summed E-state index contributed by atoms with van der Waals surface area (Å²) in [6.45, 7) is 2.42. The minimum Gasteiger partial charge on any atom is -0.355 e. The molecule has 3 rings (SSSR count). The molecule has 0 aliphatic heterocycles. The van der Waals surface area contributed by atoms with E-state index in [0.29, 0.717) is 17.0 Å². The van der Waals surface area contributed by atoms with Gasteiger partial charge in [-0.1, -0.05) is 37.6 Å². The second kappa shape index (κ2) is 8.23. The summed E-state index contributed by atoms with van der Waals surface area (Å²) >= 11 is 0. The van der Waals surface area contributed by atoms with E-state index in [1.165, 1.54) is 0 Å². The van der Waals surface area contributed by atoms with Crippen LogP contribution in [-0.4, -0.2) is 31.7 Å². The Balaban J connectivity index is 1.81. The lowest BCUT2D eigenvalue weighted by Gasteiger charge is -2.22. The van der Waals surface area contributed by atoms with Crippen molar-refractivity contribution in [2.45, 2.75) is 50.1 Å². The average Bonchev–Trinajstić information content (AvgIpc) is 3.51. The Morgan fingerprint density at radius 3 is 2.15 bits per heavy atom. The molecule has 1 N–H and O–H groups in total. The van der Waals surface area contributed by atoms with Gasteiger partial charge in [0.15, 0.2) is 0 Å². The van der Waals surface area contributed by atoms with E-state index in [9.17, 15) is 13.2 Å². The van der Waals surface area contributed by atoms with E-state index in [1.807, 2.05) is 24.3 Å². The highest BCUT2D eigenvalue weighted by Gasteiger charge is 2.38. The fourth-order valence-corrected chi connectivity index (χ4v) is 4.78. The molecular weight excluding hydrogens is 360 g/mol. The predicted octanol–water partition coefficient (Wildman–Crippen LogP) is 3.35. The van der Waals surface area contributed by atoms with Crippen LogP contribution in [0.2, 0.25) is 0 Å². The summed E-state index contributed by atoms with van der Waals surface area (Å²) < 4.78 is 27.9. The molecule has 5 nitrogen and oxygen atoms in total. The van der Waals surface area contributed by atoms with Gasteiger partial charge in [0.25, 0.3) is 5.91 Å². The Morgan fingerprint density at radius 1 is 1.04 bits per heavy atom. The zero-order valence-corrected chi connectivity index (χ0v) is 16.6.